The van der Waals surface area contributed by atoms with Gasteiger partial charge in [-0.15, -0.1) is 0 Å². The molecule has 1 unspecified atom stereocenters. The zero-order valence-corrected chi connectivity index (χ0v) is 31.4. The lowest BCUT2D eigenvalue weighted by atomic mass is 9.72. The Balaban J connectivity index is 0.000000917. The highest BCUT2D eigenvalue weighted by Crippen LogP contribution is 2.43. The molecule has 0 aliphatic rings. The van der Waals surface area contributed by atoms with Crippen LogP contribution < -0.4 is 16.7 Å². The van der Waals surface area contributed by atoms with Crippen LogP contribution in [0.2, 0.25) is 0 Å². The Kier molecular flexibility index (Phi) is 18.4. The first-order valence-electron chi connectivity index (χ1n) is 16.6. The molecule has 0 aliphatic carbocycles. The van der Waals surface area contributed by atoms with Gasteiger partial charge in [0.05, 0.1) is 22.5 Å². The molecule has 2 amide bonds. The minimum atomic E-state index is -4.04. The van der Waals surface area contributed by atoms with Crippen LogP contribution >= 0.6 is 0 Å². The number of sulfone groups is 1. The SMILES string of the molecule is CCN(CC)CCCS(=O)(=O)C(/C=C/c1ccccc1)(CC(C)C)[C@H](C(=O)NO)[C@@H](CC(C)C)C(=O)NN.Cc1ccc(S(=O)(=O)O)cc1. The van der Waals surface area contributed by atoms with Gasteiger partial charge in [-0.1, -0.05) is 102 Å². The quantitative estimate of drug-likeness (QED) is 0.0475. The van der Waals surface area contributed by atoms with Crippen LogP contribution in [0.25, 0.3) is 6.08 Å². The summed E-state index contributed by atoms with van der Waals surface area (Å²) in [6, 6.07) is 15.2. The summed E-state index contributed by atoms with van der Waals surface area (Å²) in [5.41, 5.74) is 5.51. The van der Waals surface area contributed by atoms with Gasteiger partial charge in [0.25, 0.3) is 10.1 Å². The normalized spacial score (nSPS) is 14.6. The summed E-state index contributed by atoms with van der Waals surface area (Å²) in [7, 11) is -8.06. The fourth-order valence-electron chi connectivity index (χ4n) is 5.90. The van der Waals surface area contributed by atoms with Crippen molar-refractivity contribution in [1.29, 1.82) is 0 Å². The number of nitrogens with zero attached hydrogens (tertiary/aromatic N) is 1. The Bertz CT molecular complexity index is 1540. The number of rotatable bonds is 18. The Labute approximate surface area is 293 Å². The number of hydrazine groups is 1. The van der Waals surface area contributed by atoms with E-state index in [1.165, 1.54) is 12.1 Å². The smallest absolute Gasteiger partial charge is 0.294 e. The highest BCUT2D eigenvalue weighted by atomic mass is 32.2. The van der Waals surface area contributed by atoms with E-state index < -0.39 is 48.4 Å². The molecule has 0 saturated heterocycles. The van der Waals surface area contributed by atoms with E-state index in [1.54, 1.807) is 29.8 Å². The van der Waals surface area contributed by atoms with Gasteiger partial charge < -0.3 is 4.90 Å². The molecule has 0 fully saturated rings. The van der Waals surface area contributed by atoms with Crippen molar-refractivity contribution in [3.63, 3.8) is 0 Å². The highest BCUT2D eigenvalue weighted by Gasteiger charge is 2.55. The molecule has 0 heterocycles. The first-order chi connectivity index (χ1) is 22.9. The molecule has 12 nitrogen and oxygen atoms in total. The van der Waals surface area contributed by atoms with Crippen molar-refractivity contribution in [2.75, 3.05) is 25.4 Å². The van der Waals surface area contributed by atoms with E-state index in [-0.39, 0.29) is 35.3 Å². The molecular formula is C35H56N4O8S2. The maximum Gasteiger partial charge on any atom is 0.294 e. The van der Waals surface area contributed by atoms with Gasteiger partial charge >= 0.3 is 0 Å². The van der Waals surface area contributed by atoms with Crippen LogP contribution in [0.5, 0.6) is 0 Å². The summed E-state index contributed by atoms with van der Waals surface area (Å²) in [5.74, 6) is 1.06. The van der Waals surface area contributed by atoms with E-state index in [0.29, 0.717) is 13.0 Å². The first kappa shape index (κ1) is 43.9. The number of aryl methyl sites for hydroxylation is 1. The van der Waals surface area contributed by atoms with Gasteiger partial charge in [-0.3, -0.25) is 24.8 Å². The average Bonchev–Trinajstić information content (AvgIpc) is 3.04. The molecular weight excluding hydrogens is 669 g/mol. The van der Waals surface area contributed by atoms with Crippen molar-refractivity contribution in [2.24, 2.45) is 29.5 Å². The minimum absolute atomic E-state index is 0.0495. The molecule has 6 N–H and O–H groups in total. The summed E-state index contributed by atoms with van der Waals surface area (Å²) in [6.45, 7) is 15.6. The molecule has 2 aromatic carbocycles. The number of hydrogen-bond acceptors (Lipinski definition) is 9. The number of carbonyl (C=O) groups is 2. The van der Waals surface area contributed by atoms with Gasteiger partial charge in [-0.2, -0.15) is 8.42 Å². The molecule has 14 heteroatoms. The Morgan fingerprint density at radius 1 is 0.918 bits per heavy atom. The maximum absolute atomic E-state index is 14.4. The topological polar surface area (TPSA) is 196 Å². The lowest BCUT2D eigenvalue weighted by molar-refractivity contribution is -0.142. The first-order valence-corrected chi connectivity index (χ1v) is 19.7. The zero-order chi connectivity index (χ0) is 37.4. The Morgan fingerprint density at radius 3 is 1.94 bits per heavy atom. The lowest BCUT2D eigenvalue weighted by Crippen LogP contribution is -2.58. The van der Waals surface area contributed by atoms with E-state index >= 15 is 0 Å². The molecule has 0 aromatic heterocycles. The van der Waals surface area contributed by atoms with Crippen molar-refractivity contribution >= 4 is 37.8 Å². The second-order valence-electron chi connectivity index (χ2n) is 13.0. The molecule has 0 aliphatic heterocycles. The fourth-order valence-corrected chi connectivity index (χ4v) is 8.79. The van der Waals surface area contributed by atoms with E-state index in [4.69, 9.17) is 10.4 Å². The third-order valence-corrected chi connectivity index (χ3v) is 11.7. The zero-order valence-electron chi connectivity index (χ0n) is 29.8. The maximum atomic E-state index is 14.4. The average molecular weight is 725 g/mol. The number of hydrogen-bond donors (Lipinski definition) is 5. The monoisotopic (exact) mass is 724 g/mol. The lowest BCUT2D eigenvalue weighted by Gasteiger charge is -2.41. The highest BCUT2D eigenvalue weighted by molar-refractivity contribution is 7.93. The van der Waals surface area contributed by atoms with Crippen molar-refractivity contribution < 1.29 is 36.2 Å². The van der Waals surface area contributed by atoms with Gasteiger partial charge in [0.2, 0.25) is 11.8 Å². The summed E-state index contributed by atoms with van der Waals surface area (Å²) in [4.78, 5) is 28.6. The summed E-state index contributed by atoms with van der Waals surface area (Å²) >= 11 is 0. The van der Waals surface area contributed by atoms with E-state index in [9.17, 15) is 31.6 Å². The van der Waals surface area contributed by atoms with Gasteiger partial charge in [0, 0.05) is 0 Å². The third kappa shape index (κ3) is 13.6. The summed E-state index contributed by atoms with van der Waals surface area (Å²) in [5, 5.41) is 9.82. The molecule has 0 saturated carbocycles. The van der Waals surface area contributed by atoms with Gasteiger partial charge in [0.15, 0.2) is 9.84 Å². The Hall–Kier alpha value is -3.14. The molecule has 276 valence electrons. The predicted octanol–water partition coefficient (Wildman–Crippen LogP) is 4.65. The molecule has 0 bridgehead atoms. The van der Waals surface area contributed by atoms with Crippen LogP contribution in [0, 0.1) is 30.6 Å². The molecule has 2 rings (SSSR count). The predicted molar refractivity (Wildman–Crippen MR) is 194 cm³/mol. The van der Waals surface area contributed by atoms with Gasteiger partial charge in [0.1, 0.15) is 4.75 Å². The van der Waals surface area contributed by atoms with Crippen LogP contribution in [0.1, 0.15) is 71.9 Å². The van der Waals surface area contributed by atoms with Crippen LogP contribution in [0.3, 0.4) is 0 Å². The van der Waals surface area contributed by atoms with E-state index in [1.807, 2.05) is 78.8 Å². The number of benzene rings is 2. The number of nitrogens with one attached hydrogen (secondary N) is 2. The summed E-state index contributed by atoms with van der Waals surface area (Å²) < 4.78 is 56.6. The van der Waals surface area contributed by atoms with E-state index in [2.05, 4.69) is 10.3 Å². The van der Waals surface area contributed by atoms with Crippen LogP contribution in [0.15, 0.2) is 65.6 Å². The van der Waals surface area contributed by atoms with Crippen molar-refractivity contribution in [1.82, 2.24) is 15.8 Å². The molecule has 2 aromatic rings. The fraction of sp³-hybridized carbons (Fsp3) is 0.543. The Morgan fingerprint density at radius 2 is 1.49 bits per heavy atom. The van der Waals surface area contributed by atoms with Crippen LogP contribution in [-0.2, 0) is 29.5 Å². The molecule has 3 atom stereocenters. The second kappa shape index (κ2) is 20.5. The van der Waals surface area contributed by atoms with Crippen molar-refractivity contribution in [3.05, 3.63) is 71.8 Å². The van der Waals surface area contributed by atoms with Crippen molar-refractivity contribution in [2.45, 2.75) is 77.4 Å². The second-order valence-corrected chi connectivity index (χ2v) is 16.8. The minimum Gasteiger partial charge on any atom is -0.304 e. The number of amides is 2. The number of hydroxylamine groups is 1. The molecule has 49 heavy (non-hydrogen) atoms. The molecule has 0 radical (unpaired) electrons. The van der Waals surface area contributed by atoms with Crippen LogP contribution in [-0.4, -0.2) is 73.4 Å². The molecule has 0 spiro atoms. The van der Waals surface area contributed by atoms with Gasteiger partial charge in [-0.25, -0.2) is 19.7 Å². The van der Waals surface area contributed by atoms with Gasteiger partial charge in [-0.05, 0) is 75.4 Å². The van der Waals surface area contributed by atoms with E-state index in [0.717, 1.165) is 24.2 Å². The standard InChI is InChI=1S/C28H48N4O5S.C7H8O3S/c1-7-32(8-2)17-12-18-38(36,37)28(20-22(5)6,16-15-23-13-10-9-11-14-23)25(27(34)31-35)24(19-21(3)4)26(33)30-29;1-6-2-4-7(5-3-6)11(8,9)10/h9-11,13-16,21-22,24-25,35H,7-8,12,17-20,29H2,1-6H3,(H,30,33)(H,31,34);2-5H,1H3,(H,8,9,10)/b16-15+;/t24-,25+,28?;/m1./s1. The largest absolute Gasteiger partial charge is 0.304 e. The summed E-state index contributed by atoms with van der Waals surface area (Å²) in [6.07, 6.45) is 3.90. The number of carbonyl (C=O) groups excluding carboxylic acids is 2. The van der Waals surface area contributed by atoms with Crippen LogP contribution in [0.4, 0.5) is 0 Å². The number of nitrogens with two attached hydrogens (primary N) is 1. The van der Waals surface area contributed by atoms with Crippen molar-refractivity contribution in [3.8, 4) is 0 Å². The third-order valence-electron chi connectivity index (χ3n) is 8.29.